The van der Waals surface area contributed by atoms with Crippen LogP contribution in [0.25, 0.3) is 0 Å². The fourth-order valence-corrected chi connectivity index (χ4v) is 1.59. The number of aliphatic imine (C=N–C) groups is 2. The molecule has 1 unspecified atom stereocenters. The van der Waals surface area contributed by atoms with Crippen LogP contribution in [0.5, 0.6) is 0 Å². The van der Waals surface area contributed by atoms with E-state index < -0.39 is 6.04 Å². The van der Waals surface area contributed by atoms with Crippen LogP contribution >= 0.6 is 11.6 Å². The third-order valence-corrected chi connectivity index (χ3v) is 2.83. The maximum atomic E-state index is 9.18. The quantitative estimate of drug-likeness (QED) is 0.796. The van der Waals surface area contributed by atoms with Gasteiger partial charge in [-0.3, -0.25) is 9.98 Å². The molecular weight excluding hydrogens is 284 g/mol. The molecular formula is C16H17ClN4. The Balaban J connectivity index is 2.95. The first kappa shape index (κ1) is 16.9. The number of nitriles is 2. The largest absolute Gasteiger partial charge is 0.275 e. The van der Waals surface area contributed by atoms with Crippen LogP contribution in [0.2, 0.25) is 5.02 Å². The Morgan fingerprint density at radius 1 is 1.33 bits per heavy atom. The number of halogens is 1. The Morgan fingerprint density at radius 2 is 2.00 bits per heavy atom. The van der Waals surface area contributed by atoms with Gasteiger partial charge in [0.25, 0.3) is 0 Å². The molecule has 0 amide bonds. The lowest BCUT2D eigenvalue weighted by Gasteiger charge is -2.14. The van der Waals surface area contributed by atoms with E-state index in [1.54, 1.807) is 12.1 Å². The van der Waals surface area contributed by atoms with Crippen LogP contribution in [-0.2, 0) is 0 Å². The van der Waals surface area contributed by atoms with Crippen molar-refractivity contribution in [2.75, 3.05) is 6.54 Å². The summed E-state index contributed by atoms with van der Waals surface area (Å²) in [7, 11) is 0. The lowest BCUT2D eigenvalue weighted by molar-refractivity contribution is 0.429. The topological polar surface area (TPSA) is 72.3 Å². The zero-order valence-electron chi connectivity index (χ0n) is 12.3. The van der Waals surface area contributed by atoms with Gasteiger partial charge in [0.15, 0.2) is 11.8 Å². The van der Waals surface area contributed by atoms with Crippen molar-refractivity contribution in [3.8, 4) is 12.1 Å². The predicted octanol–water partition coefficient (Wildman–Crippen LogP) is 3.66. The van der Waals surface area contributed by atoms with Gasteiger partial charge in [0, 0.05) is 23.3 Å². The van der Waals surface area contributed by atoms with E-state index in [1.807, 2.05) is 45.0 Å². The summed E-state index contributed by atoms with van der Waals surface area (Å²) >= 11 is 6.02. The van der Waals surface area contributed by atoms with Crippen molar-refractivity contribution in [1.29, 1.82) is 10.5 Å². The molecule has 21 heavy (non-hydrogen) atoms. The average molecular weight is 301 g/mol. The number of rotatable bonds is 4. The normalized spacial score (nSPS) is 13.7. The van der Waals surface area contributed by atoms with Crippen molar-refractivity contribution in [2.24, 2.45) is 15.4 Å². The molecule has 1 aromatic rings. The summed E-state index contributed by atoms with van der Waals surface area (Å²) in [6.07, 6.45) is 1.50. The van der Waals surface area contributed by atoms with Crippen LogP contribution in [0, 0.1) is 28.1 Å². The highest BCUT2D eigenvalue weighted by molar-refractivity contribution is 6.33. The fourth-order valence-electron chi connectivity index (χ4n) is 1.41. The Hall–Kier alpha value is -2.17. The van der Waals surface area contributed by atoms with Crippen molar-refractivity contribution in [2.45, 2.75) is 26.8 Å². The summed E-state index contributed by atoms with van der Waals surface area (Å²) in [6.45, 7) is 6.51. The highest BCUT2D eigenvalue weighted by atomic mass is 35.5. The molecule has 0 aromatic heterocycles. The minimum atomic E-state index is -0.909. The first-order chi connectivity index (χ1) is 9.87. The first-order valence-corrected chi connectivity index (χ1v) is 6.87. The molecule has 1 rings (SSSR count). The van der Waals surface area contributed by atoms with E-state index in [4.69, 9.17) is 16.9 Å². The van der Waals surface area contributed by atoms with Gasteiger partial charge in [0.2, 0.25) is 0 Å². The predicted molar refractivity (Wildman–Crippen MR) is 85.8 cm³/mol. The number of benzene rings is 1. The summed E-state index contributed by atoms with van der Waals surface area (Å²) in [5.41, 5.74) is 0.775. The number of nitrogens with zero attached hydrogens (tertiary/aromatic N) is 4. The van der Waals surface area contributed by atoms with Gasteiger partial charge in [-0.2, -0.15) is 10.5 Å². The van der Waals surface area contributed by atoms with Crippen LogP contribution in [0.4, 0.5) is 0 Å². The molecule has 0 N–H and O–H groups in total. The standard InChI is InChI=1S/C16H17ClN4/c1-16(2,3)11-21-15(9-19)14(8-18)20-10-12-6-4-5-7-13(12)17/h4-7,10,14H,11H2,1-3H3. The lowest BCUT2D eigenvalue weighted by Crippen LogP contribution is -2.19. The van der Waals surface area contributed by atoms with Crippen LogP contribution in [0.1, 0.15) is 26.3 Å². The fraction of sp³-hybridized carbons (Fsp3) is 0.375. The average Bonchev–Trinajstić information content (AvgIpc) is 2.43. The molecule has 1 atom stereocenters. The van der Waals surface area contributed by atoms with Crippen molar-refractivity contribution >= 4 is 23.5 Å². The van der Waals surface area contributed by atoms with Gasteiger partial charge < -0.3 is 0 Å². The molecule has 0 heterocycles. The zero-order valence-corrected chi connectivity index (χ0v) is 13.1. The van der Waals surface area contributed by atoms with Gasteiger partial charge in [-0.25, -0.2) is 0 Å². The van der Waals surface area contributed by atoms with E-state index in [9.17, 15) is 5.26 Å². The van der Waals surface area contributed by atoms with E-state index in [0.717, 1.165) is 0 Å². The van der Waals surface area contributed by atoms with Gasteiger partial charge in [-0.05, 0) is 11.5 Å². The van der Waals surface area contributed by atoms with Crippen LogP contribution in [-0.4, -0.2) is 24.5 Å². The van der Waals surface area contributed by atoms with Gasteiger partial charge in [-0.15, -0.1) is 0 Å². The Bertz CT molecular complexity index is 627. The minimum absolute atomic E-state index is 0.0471. The molecule has 0 spiro atoms. The Labute approximate surface area is 130 Å². The Morgan fingerprint density at radius 3 is 2.52 bits per heavy atom. The molecule has 0 aliphatic carbocycles. The zero-order chi connectivity index (χ0) is 15.9. The second kappa shape index (κ2) is 7.57. The van der Waals surface area contributed by atoms with Crippen molar-refractivity contribution in [1.82, 2.24) is 0 Å². The molecule has 0 aliphatic rings. The molecule has 0 aliphatic heterocycles. The van der Waals surface area contributed by atoms with E-state index in [-0.39, 0.29) is 11.1 Å². The second-order valence-electron chi connectivity index (χ2n) is 5.71. The summed E-state index contributed by atoms with van der Waals surface area (Å²) in [6, 6.07) is 10.2. The summed E-state index contributed by atoms with van der Waals surface area (Å²) < 4.78 is 0. The van der Waals surface area contributed by atoms with E-state index in [1.165, 1.54) is 6.21 Å². The van der Waals surface area contributed by atoms with Crippen molar-refractivity contribution < 1.29 is 0 Å². The molecule has 0 radical (unpaired) electrons. The molecule has 5 heteroatoms. The van der Waals surface area contributed by atoms with Crippen LogP contribution in [0.3, 0.4) is 0 Å². The molecule has 0 fully saturated rings. The van der Waals surface area contributed by atoms with Gasteiger partial charge >= 0.3 is 0 Å². The third-order valence-electron chi connectivity index (χ3n) is 2.49. The third kappa shape index (κ3) is 5.77. The molecule has 1 aromatic carbocycles. The molecule has 108 valence electrons. The summed E-state index contributed by atoms with van der Waals surface area (Å²) in [5, 5.41) is 18.9. The van der Waals surface area contributed by atoms with E-state index in [0.29, 0.717) is 17.1 Å². The monoisotopic (exact) mass is 300 g/mol. The summed E-state index contributed by atoms with van der Waals surface area (Å²) in [4.78, 5) is 8.33. The van der Waals surface area contributed by atoms with E-state index >= 15 is 0 Å². The summed E-state index contributed by atoms with van der Waals surface area (Å²) in [5.74, 6) is 0. The highest BCUT2D eigenvalue weighted by Crippen LogP contribution is 2.14. The van der Waals surface area contributed by atoms with Crippen LogP contribution in [0.15, 0.2) is 34.3 Å². The van der Waals surface area contributed by atoms with E-state index in [2.05, 4.69) is 9.98 Å². The van der Waals surface area contributed by atoms with Gasteiger partial charge in [0.05, 0.1) is 6.07 Å². The SMILES string of the molecule is CC(C)(C)CN=C(C#N)C(C#N)N=Cc1ccccc1Cl. The number of hydrogen-bond acceptors (Lipinski definition) is 4. The van der Waals surface area contributed by atoms with Crippen molar-refractivity contribution in [3.63, 3.8) is 0 Å². The molecule has 4 nitrogen and oxygen atoms in total. The molecule has 0 saturated carbocycles. The van der Waals surface area contributed by atoms with Crippen LogP contribution < -0.4 is 0 Å². The molecule has 0 bridgehead atoms. The lowest BCUT2D eigenvalue weighted by atomic mass is 9.97. The second-order valence-corrected chi connectivity index (χ2v) is 6.11. The smallest absolute Gasteiger partial charge is 0.187 e. The van der Waals surface area contributed by atoms with Gasteiger partial charge in [0.1, 0.15) is 6.07 Å². The first-order valence-electron chi connectivity index (χ1n) is 6.49. The van der Waals surface area contributed by atoms with Gasteiger partial charge in [-0.1, -0.05) is 50.6 Å². The van der Waals surface area contributed by atoms with Crippen molar-refractivity contribution in [3.05, 3.63) is 34.9 Å². The maximum Gasteiger partial charge on any atom is 0.187 e. The minimum Gasteiger partial charge on any atom is -0.275 e. The Kier molecular flexibility index (Phi) is 6.09. The maximum absolute atomic E-state index is 9.18. The highest BCUT2D eigenvalue weighted by Gasteiger charge is 2.16. The molecule has 0 saturated heterocycles. The number of hydrogen-bond donors (Lipinski definition) is 0.